The van der Waals surface area contributed by atoms with Crippen molar-refractivity contribution in [3.8, 4) is 5.88 Å². The molecule has 1 fully saturated rings. The van der Waals surface area contributed by atoms with Gasteiger partial charge in [-0.15, -0.1) is 0 Å². The van der Waals surface area contributed by atoms with Crippen LogP contribution >= 0.6 is 0 Å². The van der Waals surface area contributed by atoms with E-state index < -0.39 is 0 Å². The second kappa shape index (κ2) is 7.83. The molecule has 0 aromatic carbocycles. The van der Waals surface area contributed by atoms with E-state index in [0.717, 1.165) is 25.6 Å². The van der Waals surface area contributed by atoms with Crippen molar-refractivity contribution in [2.24, 2.45) is 5.92 Å². The molecule has 2 heterocycles. The van der Waals surface area contributed by atoms with Gasteiger partial charge in [0.25, 0.3) is 0 Å². The zero-order chi connectivity index (χ0) is 15.1. The van der Waals surface area contributed by atoms with Crippen LogP contribution in [-0.4, -0.2) is 49.2 Å². The first-order chi connectivity index (χ1) is 10.2. The lowest BCUT2D eigenvalue weighted by Crippen LogP contribution is -2.41. The molecule has 2 rings (SSSR count). The molecule has 2 amide bonds. The maximum absolute atomic E-state index is 11.9. The third kappa shape index (κ3) is 4.90. The fraction of sp³-hybridized carbons (Fsp3) is 0.600. The number of likely N-dealkylation sites (tertiary alicyclic amines) is 1. The summed E-state index contributed by atoms with van der Waals surface area (Å²) in [6.45, 7) is 6.06. The van der Waals surface area contributed by atoms with Crippen LogP contribution in [0.5, 0.6) is 5.88 Å². The summed E-state index contributed by atoms with van der Waals surface area (Å²) in [5.74, 6) is 1.17. The van der Waals surface area contributed by atoms with E-state index in [9.17, 15) is 4.79 Å². The van der Waals surface area contributed by atoms with Crippen molar-refractivity contribution >= 4 is 11.7 Å². The lowest BCUT2D eigenvalue weighted by molar-refractivity contribution is 0.184. The molecule has 1 saturated heterocycles. The van der Waals surface area contributed by atoms with E-state index in [-0.39, 0.29) is 6.03 Å². The minimum absolute atomic E-state index is 0.230. The van der Waals surface area contributed by atoms with Crippen molar-refractivity contribution < 1.29 is 9.53 Å². The number of carbonyl (C=O) groups excluding carboxylic acids is 1. The molecule has 1 aromatic heterocycles. The molecule has 0 unspecified atom stereocenters. The number of urea groups is 1. The number of hydrogen-bond donors (Lipinski definition) is 2. The normalized spacial score (nSPS) is 19.0. The topological polar surface area (TPSA) is 66.5 Å². The summed E-state index contributed by atoms with van der Waals surface area (Å²) in [6.07, 6.45) is 4.19. The van der Waals surface area contributed by atoms with Gasteiger partial charge in [0.2, 0.25) is 5.88 Å². The fourth-order valence-electron chi connectivity index (χ4n) is 2.63. The number of amides is 2. The number of ether oxygens (including phenoxy) is 1. The van der Waals surface area contributed by atoms with Crippen molar-refractivity contribution in [3.63, 3.8) is 0 Å². The zero-order valence-corrected chi connectivity index (χ0v) is 12.8. The second-order valence-electron chi connectivity index (χ2n) is 5.49. The van der Waals surface area contributed by atoms with Crippen molar-refractivity contribution in [2.75, 3.05) is 38.6 Å². The molecule has 1 aliphatic heterocycles. The van der Waals surface area contributed by atoms with Gasteiger partial charge >= 0.3 is 6.03 Å². The SMILES string of the molecule is COc1ncccc1NC(=O)NCCN1CCC[C@@H](C)C1. The number of nitrogens with zero attached hydrogens (tertiary/aromatic N) is 2. The largest absolute Gasteiger partial charge is 0.480 e. The number of pyridine rings is 1. The number of anilines is 1. The van der Waals surface area contributed by atoms with E-state index in [4.69, 9.17) is 4.74 Å². The molecule has 0 bridgehead atoms. The summed E-state index contributed by atoms with van der Waals surface area (Å²) in [5, 5.41) is 5.62. The van der Waals surface area contributed by atoms with E-state index in [0.29, 0.717) is 18.1 Å². The van der Waals surface area contributed by atoms with Crippen LogP contribution in [0.2, 0.25) is 0 Å². The van der Waals surface area contributed by atoms with Crippen LogP contribution in [0.25, 0.3) is 0 Å². The summed E-state index contributed by atoms with van der Waals surface area (Å²) in [7, 11) is 1.53. The lowest BCUT2D eigenvalue weighted by Gasteiger charge is -2.30. The number of piperidine rings is 1. The molecule has 2 N–H and O–H groups in total. The smallest absolute Gasteiger partial charge is 0.319 e. The van der Waals surface area contributed by atoms with Gasteiger partial charge in [-0.3, -0.25) is 0 Å². The molecule has 21 heavy (non-hydrogen) atoms. The van der Waals surface area contributed by atoms with Gasteiger partial charge in [0.15, 0.2) is 0 Å². The van der Waals surface area contributed by atoms with Gasteiger partial charge in [-0.1, -0.05) is 6.92 Å². The summed E-state index contributed by atoms with van der Waals surface area (Å²) in [6, 6.07) is 3.29. The Bertz CT molecular complexity index is 467. The first kappa shape index (κ1) is 15.6. The molecule has 1 atom stereocenters. The average molecular weight is 292 g/mol. The Labute approximate surface area is 125 Å². The molecule has 6 nitrogen and oxygen atoms in total. The number of aromatic nitrogens is 1. The van der Waals surface area contributed by atoms with Crippen LogP contribution in [0, 0.1) is 5.92 Å². The van der Waals surface area contributed by atoms with E-state index in [1.807, 2.05) is 0 Å². The van der Waals surface area contributed by atoms with Gasteiger partial charge in [0, 0.05) is 25.8 Å². The Morgan fingerprint density at radius 1 is 1.57 bits per heavy atom. The maximum Gasteiger partial charge on any atom is 0.319 e. The van der Waals surface area contributed by atoms with Crippen LogP contribution in [0.15, 0.2) is 18.3 Å². The van der Waals surface area contributed by atoms with E-state index in [1.54, 1.807) is 18.3 Å². The van der Waals surface area contributed by atoms with Crippen molar-refractivity contribution in [3.05, 3.63) is 18.3 Å². The second-order valence-corrected chi connectivity index (χ2v) is 5.49. The molecule has 1 aliphatic rings. The molecule has 0 aliphatic carbocycles. The zero-order valence-electron chi connectivity index (χ0n) is 12.8. The van der Waals surface area contributed by atoms with Gasteiger partial charge in [-0.05, 0) is 37.4 Å². The van der Waals surface area contributed by atoms with Crippen LogP contribution in [0.4, 0.5) is 10.5 Å². The third-order valence-corrected chi connectivity index (χ3v) is 3.67. The van der Waals surface area contributed by atoms with Crippen molar-refractivity contribution in [2.45, 2.75) is 19.8 Å². The number of methoxy groups -OCH3 is 1. The molecule has 0 radical (unpaired) electrons. The van der Waals surface area contributed by atoms with E-state index in [1.165, 1.54) is 20.0 Å². The summed E-state index contributed by atoms with van der Waals surface area (Å²) >= 11 is 0. The van der Waals surface area contributed by atoms with Gasteiger partial charge in [0.05, 0.1) is 7.11 Å². The minimum atomic E-state index is -0.230. The molecule has 1 aromatic rings. The predicted molar refractivity (Wildman–Crippen MR) is 82.6 cm³/mol. The minimum Gasteiger partial charge on any atom is -0.480 e. The number of carbonyl (C=O) groups is 1. The summed E-state index contributed by atoms with van der Waals surface area (Å²) in [5.41, 5.74) is 0.573. The van der Waals surface area contributed by atoms with Crippen LogP contribution in [0.1, 0.15) is 19.8 Å². The monoisotopic (exact) mass is 292 g/mol. The van der Waals surface area contributed by atoms with Crippen molar-refractivity contribution in [1.82, 2.24) is 15.2 Å². The van der Waals surface area contributed by atoms with Gasteiger partial charge < -0.3 is 20.3 Å². The molecule has 0 saturated carbocycles. The summed E-state index contributed by atoms with van der Waals surface area (Å²) < 4.78 is 5.10. The Hall–Kier alpha value is -1.82. The molecular formula is C15H24N4O2. The molecular weight excluding hydrogens is 268 g/mol. The Kier molecular flexibility index (Phi) is 5.80. The molecule has 116 valence electrons. The van der Waals surface area contributed by atoms with Crippen molar-refractivity contribution in [1.29, 1.82) is 0 Å². The van der Waals surface area contributed by atoms with Crippen LogP contribution in [0.3, 0.4) is 0 Å². The quantitative estimate of drug-likeness (QED) is 0.870. The van der Waals surface area contributed by atoms with E-state index in [2.05, 4.69) is 27.4 Å². The molecule has 6 heteroatoms. The Balaban J connectivity index is 1.72. The van der Waals surface area contributed by atoms with E-state index >= 15 is 0 Å². The van der Waals surface area contributed by atoms with Crippen LogP contribution < -0.4 is 15.4 Å². The van der Waals surface area contributed by atoms with Gasteiger partial charge in [-0.25, -0.2) is 9.78 Å². The maximum atomic E-state index is 11.9. The third-order valence-electron chi connectivity index (χ3n) is 3.67. The summed E-state index contributed by atoms with van der Waals surface area (Å²) in [4.78, 5) is 18.3. The van der Waals surface area contributed by atoms with Gasteiger partial charge in [0.1, 0.15) is 5.69 Å². The number of rotatable bonds is 5. The first-order valence-electron chi connectivity index (χ1n) is 7.45. The first-order valence-corrected chi connectivity index (χ1v) is 7.45. The standard InChI is InChI=1S/C15H24N4O2/c1-12-5-4-9-19(11-12)10-8-17-15(20)18-13-6-3-7-16-14(13)21-2/h3,6-7,12H,4-5,8-11H2,1-2H3,(H2,17,18,20)/t12-/m1/s1. The average Bonchev–Trinajstić information content (AvgIpc) is 2.48. The highest BCUT2D eigenvalue weighted by Gasteiger charge is 2.15. The Morgan fingerprint density at radius 2 is 2.43 bits per heavy atom. The van der Waals surface area contributed by atoms with Crippen LogP contribution in [-0.2, 0) is 0 Å². The number of hydrogen-bond acceptors (Lipinski definition) is 4. The van der Waals surface area contributed by atoms with Gasteiger partial charge in [-0.2, -0.15) is 0 Å². The highest BCUT2D eigenvalue weighted by Crippen LogP contribution is 2.19. The number of nitrogens with one attached hydrogen (secondary N) is 2. The highest BCUT2D eigenvalue weighted by atomic mass is 16.5. The molecule has 0 spiro atoms. The lowest BCUT2D eigenvalue weighted by atomic mass is 10.0. The Morgan fingerprint density at radius 3 is 3.19 bits per heavy atom. The fourth-order valence-corrected chi connectivity index (χ4v) is 2.63. The highest BCUT2D eigenvalue weighted by molar-refractivity contribution is 5.90. The predicted octanol–water partition coefficient (Wildman–Crippen LogP) is 1.94.